The molecule has 2 spiro atoms. The molecule has 4 bridgehead atoms. The van der Waals surface area contributed by atoms with Crippen molar-refractivity contribution < 1.29 is 74.4 Å². The molecule has 8 aliphatic heterocycles. The van der Waals surface area contributed by atoms with Gasteiger partial charge in [0, 0.05) is 60.7 Å². The number of fused-ring (bicyclic) bond motifs is 4. The highest BCUT2D eigenvalue weighted by Crippen LogP contribution is 2.63. The second-order valence-corrected chi connectivity index (χ2v) is 17.4. The SMILES string of the molecule is C[C@@H]1CC[C@H]2C(CNC(=O)c3cccc(C(=O)NCC4=C(C(F)(F)F)O[C@@H]5O[C@]6(C)CC[C@H]7[C@H](C)CC[C@@H]4[C@@]57OO6)n3)=C(C(F)(F)F)O[C@@H]3O[C@]4(C)CC[C@@H]1[C@]32OO4. The topological polar surface area (TPSA) is 145 Å². The molecule has 13 nitrogen and oxygen atoms in total. The van der Waals surface area contributed by atoms with Crippen LogP contribution in [0.4, 0.5) is 26.3 Å². The molecule has 0 aromatic carbocycles. The Morgan fingerprint density at radius 2 is 1.09 bits per heavy atom. The Kier molecular flexibility index (Phi) is 9.30. The summed E-state index contributed by atoms with van der Waals surface area (Å²) in [5.41, 5.74) is -3.88. The van der Waals surface area contributed by atoms with E-state index in [1.807, 2.05) is 13.8 Å². The average molecular weight is 830 g/mol. The molecule has 8 fully saturated rings. The van der Waals surface area contributed by atoms with E-state index in [2.05, 4.69) is 15.6 Å². The Hall–Kier alpha value is -3.49. The zero-order valence-corrected chi connectivity index (χ0v) is 32.2. The monoisotopic (exact) mass is 829 g/mol. The number of allylic oxidation sites excluding steroid dienone is 2. The van der Waals surface area contributed by atoms with E-state index in [0.717, 1.165) is 0 Å². The average Bonchev–Trinajstić information content (AvgIpc) is 3.55. The molecular weight excluding hydrogens is 784 g/mol. The van der Waals surface area contributed by atoms with E-state index in [4.69, 9.17) is 38.5 Å². The molecule has 2 saturated carbocycles. The number of nitrogens with zero attached hydrogens (tertiary/aromatic N) is 1. The fourth-order valence-electron chi connectivity index (χ4n) is 11.1. The van der Waals surface area contributed by atoms with E-state index in [-0.39, 0.29) is 59.0 Å². The molecule has 2 aliphatic carbocycles. The van der Waals surface area contributed by atoms with Gasteiger partial charge < -0.3 is 29.6 Å². The molecule has 10 aliphatic rings. The van der Waals surface area contributed by atoms with Gasteiger partial charge in [0.05, 0.1) is 0 Å². The van der Waals surface area contributed by atoms with Crippen LogP contribution in [0.25, 0.3) is 0 Å². The number of aromatic nitrogens is 1. The van der Waals surface area contributed by atoms with Gasteiger partial charge >= 0.3 is 12.4 Å². The highest BCUT2D eigenvalue weighted by Gasteiger charge is 2.72. The lowest BCUT2D eigenvalue weighted by Gasteiger charge is -2.57. The predicted octanol–water partition coefficient (Wildman–Crippen LogP) is 6.67. The number of ether oxygens (including phenoxy) is 4. The molecule has 2 amide bonds. The number of hydrogen-bond donors (Lipinski definition) is 2. The number of pyridine rings is 1. The molecule has 9 heterocycles. The van der Waals surface area contributed by atoms with E-state index in [1.165, 1.54) is 18.2 Å². The third-order valence-electron chi connectivity index (χ3n) is 13.9. The van der Waals surface area contributed by atoms with E-state index >= 15 is 0 Å². The van der Waals surface area contributed by atoms with E-state index in [9.17, 15) is 35.9 Å². The molecule has 11 rings (SSSR count). The van der Waals surface area contributed by atoms with Crippen molar-refractivity contribution in [2.24, 2.45) is 35.5 Å². The summed E-state index contributed by atoms with van der Waals surface area (Å²) >= 11 is 0. The van der Waals surface area contributed by atoms with Crippen LogP contribution in [0.3, 0.4) is 0 Å². The number of amides is 2. The van der Waals surface area contributed by atoms with Gasteiger partial charge in [0.2, 0.25) is 35.7 Å². The summed E-state index contributed by atoms with van der Waals surface area (Å²) in [4.78, 5) is 54.5. The van der Waals surface area contributed by atoms with Gasteiger partial charge in [-0.3, -0.25) is 9.59 Å². The molecule has 6 saturated heterocycles. The van der Waals surface area contributed by atoms with Crippen LogP contribution in [0.15, 0.2) is 40.9 Å². The summed E-state index contributed by atoms with van der Waals surface area (Å²) in [6.07, 6.45) is -9.02. The predicted molar refractivity (Wildman–Crippen MR) is 183 cm³/mol. The van der Waals surface area contributed by atoms with Crippen LogP contribution in [0.5, 0.6) is 0 Å². The van der Waals surface area contributed by atoms with Crippen LogP contribution < -0.4 is 10.6 Å². The van der Waals surface area contributed by atoms with Crippen molar-refractivity contribution in [1.82, 2.24) is 15.6 Å². The molecule has 0 radical (unpaired) electrons. The fourth-order valence-corrected chi connectivity index (χ4v) is 11.1. The Balaban J connectivity index is 0.944. The summed E-state index contributed by atoms with van der Waals surface area (Å²) in [5.74, 6) is -9.11. The first-order chi connectivity index (χ1) is 27.3. The van der Waals surface area contributed by atoms with Crippen molar-refractivity contribution in [2.45, 2.75) is 127 Å². The lowest BCUT2D eigenvalue weighted by molar-refractivity contribution is -0.557. The highest BCUT2D eigenvalue weighted by molar-refractivity contribution is 5.96. The zero-order valence-electron chi connectivity index (χ0n) is 32.2. The van der Waals surface area contributed by atoms with Gasteiger partial charge in [0.15, 0.2) is 11.2 Å². The first-order valence-electron chi connectivity index (χ1n) is 19.8. The summed E-state index contributed by atoms with van der Waals surface area (Å²) < 4.78 is 111. The third kappa shape index (κ3) is 6.15. The maximum Gasteiger partial charge on any atom is 0.449 e. The largest absolute Gasteiger partial charge is 0.456 e. The fraction of sp³-hybridized carbons (Fsp3) is 0.718. The lowest BCUT2D eigenvalue weighted by atomic mass is 9.59. The summed E-state index contributed by atoms with van der Waals surface area (Å²) in [6, 6.07) is 3.85. The van der Waals surface area contributed by atoms with Crippen molar-refractivity contribution in [3.63, 3.8) is 0 Å². The van der Waals surface area contributed by atoms with Crippen LogP contribution >= 0.6 is 0 Å². The zero-order chi connectivity index (χ0) is 41.2. The minimum atomic E-state index is -4.94. The maximum absolute atomic E-state index is 14.6. The highest BCUT2D eigenvalue weighted by atomic mass is 19.4. The van der Waals surface area contributed by atoms with Gasteiger partial charge in [-0.1, -0.05) is 19.9 Å². The summed E-state index contributed by atoms with van der Waals surface area (Å²) in [7, 11) is 0. The number of nitrogens with one attached hydrogen (secondary N) is 2. The Bertz CT molecular complexity index is 1810. The maximum atomic E-state index is 14.6. The molecule has 1 aromatic rings. The second-order valence-electron chi connectivity index (χ2n) is 17.4. The Labute approximate surface area is 329 Å². The molecule has 2 N–H and O–H groups in total. The van der Waals surface area contributed by atoms with Crippen molar-refractivity contribution in [1.29, 1.82) is 0 Å². The smallest absolute Gasteiger partial charge is 0.449 e. The minimum Gasteiger partial charge on any atom is -0.456 e. The number of hydrogen-bond acceptors (Lipinski definition) is 11. The van der Waals surface area contributed by atoms with Crippen molar-refractivity contribution in [3.05, 3.63) is 52.3 Å². The number of halogens is 6. The molecule has 58 heavy (non-hydrogen) atoms. The van der Waals surface area contributed by atoms with Gasteiger partial charge in [-0.2, -0.15) is 26.3 Å². The van der Waals surface area contributed by atoms with Crippen LogP contribution in [0.2, 0.25) is 0 Å². The van der Waals surface area contributed by atoms with Gasteiger partial charge in [-0.05, 0) is 76.3 Å². The van der Waals surface area contributed by atoms with Gasteiger partial charge in [0.25, 0.3) is 11.8 Å². The first-order valence-corrected chi connectivity index (χ1v) is 19.8. The van der Waals surface area contributed by atoms with Crippen molar-refractivity contribution in [3.8, 4) is 0 Å². The number of rotatable bonds is 6. The number of alkyl halides is 6. The quantitative estimate of drug-likeness (QED) is 0.235. The van der Waals surface area contributed by atoms with Crippen LogP contribution in [-0.4, -0.2) is 77.6 Å². The van der Waals surface area contributed by atoms with E-state index in [1.54, 1.807) is 13.8 Å². The van der Waals surface area contributed by atoms with Gasteiger partial charge in [-0.15, -0.1) is 0 Å². The number of carbonyl (C=O) groups excluding carboxylic acids is 2. The summed E-state index contributed by atoms with van der Waals surface area (Å²) in [5, 5.41) is 5.02. The molecule has 0 unspecified atom stereocenters. The minimum absolute atomic E-state index is 0.0602. The number of carbonyl (C=O) groups is 2. The van der Waals surface area contributed by atoms with Crippen LogP contribution in [0, 0.1) is 35.5 Å². The molecule has 12 atom stereocenters. The Morgan fingerprint density at radius 1 is 0.672 bits per heavy atom. The molecule has 318 valence electrons. The first kappa shape index (κ1) is 39.9. The van der Waals surface area contributed by atoms with Gasteiger partial charge in [-0.25, -0.2) is 24.5 Å². The standard InChI is InChI=1S/C39H45F6N3O10/c1-18-8-10-24-20(28(38(40,41)42)51-32-36(24)22(18)12-14-34(3,53-32)55-57-36)16-46-30(49)26-6-5-7-27(48-26)31(50)47-17-21-25-11-9-19(2)23-13-15-35(4)54-33(37(23,25)58-56-35)52-29(21)39(43,44)45/h5-7,18-19,22-25,32-33H,8-17H2,1-4H3,(H,46,49)(H,47,50)/t18-,19-,22+,23+,24+,25+,32-,33-,34+,35+,36-,37-/m1/s1. The molecule has 19 heteroatoms. The van der Waals surface area contributed by atoms with Crippen molar-refractivity contribution >= 4 is 11.8 Å². The van der Waals surface area contributed by atoms with Crippen molar-refractivity contribution in [2.75, 3.05) is 13.1 Å². The summed E-state index contributed by atoms with van der Waals surface area (Å²) in [6.45, 7) is 6.00. The normalized spacial score (nSPS) is 41.7. The molecular formula is C39H45F6N3O10. The second kappa shape index (κ2) is 13.5. The van der Waals surface area contributed by atoms with E-state index in [0.29, 0.717) is 38.5 Å². The van der Waals surface area contributed by atoms with E-state index < -0.39 is 96.0 Å². The van der Waals surface area contributed by atoms with Gasteiger partial charge in [0.1, 0.15) is 11.4 Å². The Morgan fingerprint density at radius 3 is 1.48 bits per heavy atom. The third-order valence-corrected chi connectivity index (χ3v) is 13.9. The van der Waals surface area contributed by atoms with Crippen LogP contribution in [-0.2, 0) is 38.5 Å². The lowest BCUT2D eigenvalue weighted by Crippen LogP contribution is -2.67. The van der Waals surface area contributed by atoms with Crippen LogP contribution in [0.1, 0.15) is 100 Å². The molecule has 1 aromatic heterocycles.